The Hall–Kier alpha value is -3.23. The molecule has 3 rings (SSSR count). The number of nitriles is 1. The van der Waals surface area contributed by atoms with E-state index in [1.807, 2.05) is 6.07 Å². The van der Waals surface area contributed by atoms with Gasteiger partial charge in [0.25, 0.3) is 5.91 Å². The van der Waals surface area contributed by atoms with Gasteiger partial charge in [0, 0.05) is 5.69 Å². The summed E-state index contributed by atoms with van der Waals surface area (Å²) >= 11 is 18.0. The molecule has 9 nitrogen and oxygen atoms in total. The van der Waals surface area contributed by atoms with Crippen LogP contribution in [-0.4, -0.2) is 39.6 Å². The van der Waals surface area contributed by atoms with Gasteiger partial charge in [-0.1, -0.05) is 23.2 Å². The number of nitrogens with one attached hydrogen (secondary N) is 1. The van der Waals surface area contributed by atoms with Crippen molar-refractivity contribution in [1.29, 1.82) is 5.26 Å². The third kappa shape index (κ3) is 4.69. The average molecular weight is 520 g/mol. The largest absolute Gasteiger partial charge is 0.481 e. The van der Waals surface area contributed by atoms with Crippen molar-refractivity contribution in [3.63, 3.8) is 0 Å². The highest BCUT2D eigenvalue weighted by Gasteiger charge is 2.50. The lowest BCUT2D eigenvalue weighted by Crippen LogP contribution is -2.44. The van der Waals surface area contributed by atoms with E-state index in [9.17, 15) is 14.4 Å². The maximum absolute atomic E-state index is 13.3. The summed E-state index contributed by atoms with van der Waals surface area (Å²) in [4.78, 5) is 39.4. The fraction of sp³-hybridized carbons (Fsp3) is 0.227. The summed E-state index contributed by atoms with van der Waals surface area (Å²) in [5.41, 5.74) is 5.80. The molecule has 0 bridgehead atoms. The number of benzene rings is 2. The topological polar surface area (TPSA) is 140 Å². The molecule has 34 heavy (non-hydrogen) atoms. The highest BCUT2D eigenvalue weighted by Crippen LogP contribution is 2.39. The van der Waals surface area contributed by atoms with Gasteiger partial charge in [0.1, 0.15) is 11.6 Å². The second-order valence-electron chi connectivity index (χ2n) is 7.95. The first-order valence-corrected chi connectivity index (χ1v) is 11.0. The van der Waals surface area contributed by atoms with Crippen molar-refractivity contribution < 1.29 is 19.5 Å². The van der Waals surface area contributed by atoms with Crippen LogP contribution in [0.4, 0.5) is 17.1 Å². The van der Waals surface area contributed by atoms with Crippen LogP contribution in [-0.2, 0) is 14.4 Å². The number of carboxylic acid groups (broad SMARTS) is 1. The molecule has 2 aromatic carbocycles. The minimum absolute atomic E-state index is 0.151. The number of carbonyl (C=O) groups excluding carboxylic acids is 2. The van der Waals surface area contributed by atoms with Crippen LogP contribution in [0.25, 0.3) is 0 Å². The normalized spacial score (nSPS) is 15.8. The van der Waals surface area contributed by atoms with Crippen LogP contribution >= 0.6 is 35.4 Å². The molecule has 176 valence electrons. The zero-order chi connectivity index (χ0) is 25.4. The molecule has 0 radical (unpaired) electrons. The number of anilines is 3. The van der Waals surface area contributed by atoms with E-state index in [0.29, 0.717) is 11.4 Å². The maximum Gasteiger partial charge on any atom is 0.305 e. The summed E-state index contributed by atoms with van der Waals surface area (Å²) < 4.78 is 0. The second kappa shape index (κ2) is 9.56. The molecule has 1 fully saturated rings. The molecular formula is C22H19Cl2N5O4S. The van der Waals surface area contributed by atoms with E-state index in [0.717, 1.165) is 0 Å². The number of carboxylic acids is 1. The number of hydrogen-bond donors (Lipinski definition) is 3. The van der Waals surface area contributed by atoms with Crippen LogP contribution in [0.15, 0.2) is 36.4 Å². The summed E-state index contributed by atoms with van der Waals surface area (Å²) in [6.45, 7) is 3.37. The standard InChI is InChI=1S/C22H19Cl2N5O4S/c1-22(2)20(33)28(12-4-3-11(10-25)15(24)7-12)21(34)29(22)13-5-6-14(23)17(8-13)27-19(32)16(26)9-18(30)31/h3-8,16H,9,26H2,1-2H3,(H,27,32)(H,30,31). The molecule has 0 aliphatic carbocycles. The van der Waals surface area contributed by atoms with E-state index >= 15 is 0 Å². The Morgan fingerprint density at radius 2 is 1.85 bits per heavy atom. The van der Waals surface area contributed by atoms with Crippen molar-refractivity contribution in [3.8, 4) is 6.07 Å². The fourth-order valence-corrected chi connectivity index (χ4v) is 4.35. The van der Waals surface area contributed by atoms with Crippen LogP contribution in [0.3, 0.4) is 0 Å². The molecule has 2 amide bonds. The molecule has 4 N–H and O–H groups in total. The van der Waals surface area contributed by atoms with E-state index < -0.39 is 29.9 Å². The highest BCUT2D eigenvalue weighted by atomic mass is 35.5. The number of nitrogens with zero attached hydrogens (tertiary/aromatic N) is 3. The first kappa shape index (κ1) is 25.4. The number of amides is 2. The van der Waals surface area contributed by atoms with Gasteiger partial charge in [-0.05, 0) is 62.5 Å². The number of hydrogen-bond acceptors (Lipinski definition) is 6. The lowest BCUT2D eigenvalue weighted by Gasteiger charge is -2.30. The van der Waals surface area contributed by atoms with Crippen molar-refractivity contribution in [2.75, 3.05) is 15.1 Å². The van der Waals surface area contributed by atoms with Crippen molar-refractivity contribution >= 4 is 75.4 Å². The molecule has 1 heterocycles. The molecule has 0 saturated carbocycles. The number of nitrogens with two attached hydrogens (primary N) is 1. The zero-order valence-corrected chi connectivity index (χ0v) is 20.3. The van der Waals surface area contributed by atoms with E-state index in [4.69, 9.17) is 51.5 Å². The van der Waals surface area contributed by atoms with E-state index in [2.05, 4.69) is 5.32 Å². The molecule has 12 heteroatoms. The fourth-order valence-electron chi connectivity index (χ4n) is 3.44. The quantitative estimate of drug-likeness (QED) is 0.492. The minimum Gasteiger partial charge on any atom is -0.481 e. The van der Waals surface area contributed by atoms with Crippen molar-refractivity contribution in [1.82, 2.24) is 0 Å². The minimum atomic E-state index is -1.28. The summed E-state index contributed by atoms with van der Waals surface area (Å²) in [6, 6.07) is 9.91. The number of rotatable bonds is 6. The molecule has 1 atom stereocenters. The average Bonchev–Trinajstić information content (AvgIpc) is 2.93. The van der Waals surface area contributed by atoms with Gasteiger partial charge in [0.15, 0.2) is 5.11 Å². The van der Waals surface area contributed by atoms with E-state index in [1.165, 1.54) is 29.2 Å². The number of carbonyl (C=O) groups is 3. The summed E-state index contributed by atoms with van der Waals surface area (Å²) in [6.07, 6.45) is -0.553. The van der Waals surface area contributed by atoms with Crippen LogP contribution in [0.1, 0.15) is 25.8 Å². The number of aliphatic carboxylic acids is 1. The van der Waals surface area contributed by atoms with Crippen LogP contribution in [0.5, 0.6) is 0 Å². The lowest BCUT2D eigenvalue weighted by molar-refractivity contribution is -0.138. The van der Waals surface area contributed by atoms with Gasteiger partial charge >= 0.3 is 5.97 Å². The van der Waals surface area contributed by atoms with E-state index in [1.54, 1.807) is 30.9 Å². The predicted molar refractivity (Wildman–Crippen MR) is 133 cm³/mol. The highest BCUT2D eigenvalue weighted by molar-refractivity contribution is 7.81. The van der Waals surface area contributed by atoms with Gasteiger partial charge in [-0.25, -0.2) is 0 Å². The smallest absolute Gasteiger partial charge is 0.305 e. The number of thiocarbonyl (C=S) groups is 1. The molecule has 2 aromatic rings. The van der Waals surface area contributed by atoms with Crippen molar-refractivity contribution in [2.24, 2.45) is 5.73 Å². The van der Waals surface area contributed by atoms with Gasteiger partial charge in [-0.3, -0.25) is 19.3 Å². The monoisotopic (exact) mass is 519 g/mol. The summed E-state index contributed by atoms with van der Waals surface area (Å²) in [5, 5.41) is 21.0. The van der Waals surface area contributed by atoms with E-state index in [-0.39, 0.29) is 32.3 Å². The summed E-state index contributed by atoms with van der Waals surface area (Å²) in [7, 11) is 0. The SMILES string of the molecule is CC1(C)C(=O)N(c2ccc(C#N)c(Cl)c2)C(=S)N1c1ccc(Cl)c(NC(=O)C(N)CC(=O)O)c1. The third-order valence-electron chi connectivity index (χ3n) is 5.20. The molecule has 1 saturated heterocycles. The van der Waals surface area contributed by atoms with Gasteiger partial charge < -0.3 is 21.1 Å². The van der Waals surface area contributed by atoms with Crippen molar-refractivity contribution in [2.45, 2.75) is 31.8 Å². The Balaban J connectivity index is 1.97. The third-order valence-corrected chi connectivity index (χ3v) is 6.20. The van der Waals surface area contributed by atoms with Gasteiger partial charge in [0.05, 0.1) is 39.4 Å². The molecule has 0 spiro atoms. The Labute approximate surface area is 210 Å². The second-order valence-corrected chi connectivity index (χ2v) is 9.13. The van der Waals surface area contributed by atoms with Crippen LogP contribution in [0, 0.1) is 11.3 Å². The molecule has 0 aromatic heterocycles. The Morgan fingerprint density at radius 1 is 1.21 bits per heavy atom. The van der Waals surface area contributed by atoms with Crippen molar-refractivity contribution in [3.05, 3.63) is 52.0 Å². The first-order chi connectivity index (χ1) is 15.9. The molecular weight excluding hydrogens is 501 g/mol. The summed E-state index contributed by atoms with van der Waals surface area (Å²) in [5.74, 6) is -2.27. The predicted octanol–water partition coefficient (Wildman–Crippen LogP) is 3.52. The lowest BCUT2D eigenvalue weighted by atomic mass is 10.0. The Morgan fingerprint density at radius 3 is 2.44 bits per heavy atom. The van der Waals surface area contributed by atoms with Crippen LogP contribution < -0.4 is 20.9 Å². The molecule has 1 aliphatic rings. The Bertz CT molecular complexity index is 1260. The van der Waals surface area contributed by atoms with Gasteiger partial charge in [-0.15, -0.1) is 0 Å². The maximum atomic E-state index is 13.3. The molecule has 1 aliphatic heterocycles. The zero-order valence-electron chi connectivity index (χ0n) is 18.0. The molecule has 1 unspecified atom stereocenters. The first-order valence-electron chi connectivity index (χ1n) is 9.84. The Kier molecular flexibility index (Phi) is 7.14. The van der Waals surface area contributed by atoms with Gasteiger partial charge in [0.2, 0.25) is 5.91 Å². The van der Waals surface area contributed by atoms with Gasteiger partial charge in [-0.2, -0.15) is 5.26 Å². The van der Waals surface area contributed by atoms with Crippen LogP contribution in [0.2, 0.25) is 10.0 Å². The number of halogens is 2.